The molecule has 3 rings (SSSR count). The number of carbonyl (C=O) groups excluding carboxylic acids is 2. The third kappa shape index (κ3) is 6.43. The number of anilines is 1. The largest absolute Gasteiger partial charge is 0.354 e. The van der Waals surface area contributed by atoms with E-state index in [1.807, 2.05) is 0 Å². The Hall–Kier alpha value is -2.65. The number of carbonyl (C=O) groups is 2. The molecule has 2 amide bonds. The van der Waals surface area contributed by atoms with E-state index in [0.717, 1.165) is 44.2 Å². The van der Waals surface area contributed by atoms with E-state index in [0.29, 0.717) is 0 Å². The number of sulfonamides is 1. The Labute approximate surface area is 191 Å². The van der Waals surface area contributed by atoms with Gasteiger partial charge in [0.25, 0.3) is 15.9 Å². The molecule has 1 aliphatic rings. The summed E-state index contributed by atoms with van der Waals surface area (Å²) in [5, 5.41) is 5.55. The van der Waals surface area contributed by atoms with Gasteiger partial charge in [-0.05, 0) is 55.3 Å². The highest BCUT2D eigenvalue weighted by Crippen LogP contribution is 2.24. The van der Waals surface area contributed by atoms with Crippen molar-refractivity contribution in [3.63, 3.8) is 0 Å². The molecule has 7 nitrogen and oxygen atoms in total. The van der Waals surface area contributed by atoms with Gasteiger partial charge in [0.15, 0.2) is 0 Å². The van der Waals surface area contributed by atoms with E-state index in [1.165, 1.54) is 30.3 Å². The highest BCUT2D eigenvalue weighted by Gasteiger charge is 2.21. The Balaban J connectivity index is 1.58. The molecular weight excluding hydrogens is 457 g/mol. The molecule has 0 heterocycles. The van der Waals surface area contributed by atoms with Gasteiger partial charge in [0.05, 0.1) is 15.5 Å². The summed E-state index contributed by atoms with van der Waals surface area (Å²) in [5.41, 5.74) is 0.174. The van der Waals surface area contributed by atoms with E-state index in [4.69, 9.17) is 11.6 Å². The van der Waals surface area contributed by atoms with Crippen LogP contribution in [0.25, 0.3) is 0 Å². The number of rotatable bonds is 8. The normalized spacial score (nSPS) is 14.6. The highest BCUT2D eigenvalue weighted by molar-refractivity contribution is 7.92. The minimum Gasteiger partial charge on any atom is -0.354 e. The zero-order chi connectivity index (χ0) is 23.1. The smallest absolute Gasteiger partial charge is 0.261 e. The van der Waals surface area contributed by atoms with Gasteiger partial charge in [0, 0.05) is 24.7 Å². The first-order chi connectivity index (χ1) is 15.3. The molecule has 0 atom stereocenters. The van der Waals surface area contributed by atoms with Crippen molar-refractivity contribution in [1.29, 1.82) is 0 Å². The van der Waals surface area contributed by atoms with Crippen LogP contribution < -0.4 is 15.4 Å². The van der Waals surface area contributed by atoms with E-state index >= 15 is 0 Å². The van der Waals surface area contributed by atoms with Gasteiger partial charge in [-0.25, -0.2) is 12.8 Å². The Morgan fingerprint density at radius 2 is 1.62 bits per heavy atom. The van der Waals surface area contributed by atoms with Crippen molar-refractivity contribution in [2.24, 2.45) is 5.92 Å². The predicted octanol–water partition coefficient (Wildman–Crippen LogP) is 3.71. The third-order valence-electron chi connectivity index (χ3n) is 5.27. The van der Waals surface area contributed by atoms with Crippen molar-refractivity contribution < 1.29 is 22.4 Å². The maximum atomic E-state index is 13.0. The third-order valence-corrected chi connectivity index (χ3v) is 6.98. The molecular formula is C22H25ClFN3O4S. The fourth-order valence-electron chi connectivity index (χ4n) is 3.54. The topological polar surface area (TPSA) is 104 Å². The maximum Gasteiger partial charge on any atom is 0.261 e. The molecule has 1 fully saturated rings. The molecule has 0 spiro atoms. The molecule has 0 bridgehead atoms. The first-order valence-electron chi connectivity index (χ1n) is 10.4. The Morgan fingerprint density at radius 3 is 2.31 bits per heavy atom. The number of benzene rings is 2. The highest BCUT2D eigenvalue weighted by atomic mass is 35.5. The van der Waals surface area contributed by atoms with Crippen LogP contribution >= 0.6 is 11.6 Å². The molecule has 0 aliphatic heterocycles. The van der Waals surface area contributed by atoms with Gasteiger partial charge in [0.1, 0.15) is 5.82 Å². The Kier molecular flexibility index (Phi) is 8.09. The van der Waals surface area contributed by atoms with E-state index in [-0.39, 0.29) is 46.1 Å². The van der Waals surface area contributed by atoms with Crippen molar-refractivity contribution >= 4 is 39.1 Å². The number of amides is 2. The molecule has 0 unspecified atom stereocenters. The van der Waals surface area contributed by atoms with Crippen molar-refractivity contribution in [2.75, 3.05) is 17.8 Å². The molecule has 2 aromatic rings. The molecule has 1 aliphatic carbocycles. The fraction of sp³-hybridized carbons (Fsp3) is 0.364. The van der Waals surface area contributed by atoms with Crippen LogP contribution in [0.4, 0.5) is 10.1 Å². The minimum atomic E-state index is -4.02. The van der Waals surface area contributed by atoms with Crippen LogP contribution in [0.15, 0.2) is 47.4 Å². The second-order valence-corrected chi connectivity index (χ2v) is 9.73. The SMILES string of the molecule is O=C(NCCNC(=O)C1CCCCC1)c1cc(S(=O)(=O)Nc2ccc(F)cc2)ccc1Cl. The summed E-state index contributed by atoms with van der Waals surface area (Å²) in [5.74, 6) is -1.02. The molecule has 3 N–H and O–H groups in total. The van der Waals surface area contributed by atoms with Crippen LogP contribution in [0.5, 0.6) is 0 Å². The maximum absolute atomic E-state index is 13.0. The van der Waals surface area contributed by atoms with Crippen molar-refractivity contribution in [3.8, 4) is 0 Å². The lowest BCUT2D eigenvalue weighted by Gasteiger charge is -2.20. The summed E-state index contributed by atoms with van der Waals surface area (Å²) in [7, 11) is -4.02. The molecule has 2 aromatic carbocycles. The van der Waals surface area contributed by atoms with Crippen LogP contribution in [0.1, 0.15) is 42.5 Å². The first-order valence-corrected chi connectivity index (χ1v) is 12.3. The minimum absolute atomic E-state index is 0.00283. The van der Waals surface area contributed by atoms with Gasteiger partial charge >= 0.3 is 0 Å². The molecule has 1 saturated carbocycles. The zero-order valence-electron chi connectivity index (χ0n) is 17.4. The Morgan fingerprint density at radius 1 is 0.969 bits per heavy atom. The van der Waals surface area contributed by atoms with Crippen LogP contribution in [0.3, 0.4) is 0 Å². The summed E-state index contributed by atoms with van der Waals surface area (Å²) < 4.78 is 40.6. The average Bonchev–Trinajstić information content (AvgIpc) is 2.78. The summed E-state index contributed by atoms with van der Waals surface area (Å²) in [6.45, 7) is 0.446. The van der Waals surface area contributed by atoms with E-state index in [9.17, 15) is 22.4 Å². The number of nitrogens with one attached hydrogen (secondary N) is 3. The van der Waals surface area contributed by atoms with Gasteiger partial charge in [-0.3, -0.25) is 14.3 Å². The van der Waals surface area contributed by atoms with Crippen molar-refractivity contribution in [1.82, 2.24) is 10.6 Å². The number of hydrogen-bond donors (Lipinski definition) is 3. The van der Waals surface area contributed by atoms with Gasteiger partial charge in [-0.15, -0.1) is 0 Å². The summed E-state index contributed by atoms with van der Waals surface area (Å²) in [4.78, 5) is 24.5. The van der Waals surface area contributed by atoms with E-state index in [2.05, 4.69) is 15.4 Å². The average molecular weight is 482 g/mol. The second-order valence-electron chi connectivity index (χ2n) is 7.64. The monoisotopic (exact) mass is 481 g/mol. The molecule has 0 aromatic heterocycles. The van der Waals surface area contributed by atoms with Crippen LogP contribution in [-0.4, -0.2) is 33.3 Å². The molecule has 10 heteroatoms. The van der Waals surface area contributed by atoms with Crippen LogP contribution in [0.2, 0.25) is 5.02 Å². The molecule has 32 heavy (non-hydrogen) atoms. The lowest BCUT2D eigenvalue weighted by Crippen LogP contribution is -2.38. The van der Waals surface area contributed by atoms with E-state index in [1.54, 1.807) is 0 Å². The number of halogens is 2. The predicted molar refractivity (Wildman–Crippen MR) is 121 cm³/mol. The lowest BCUT2D eigenvalue weighted by atomic mass is 9.89. The van der Waals surface area contributed by atoms with Gasteiger partial charge in [0.2, 0.25) is 5.91 Å². The lowest BCUT2D eigenvalue weighted by molar-refractivity contribution is -0.125. The van der Waals surface area contributed by atoms with E-state index < -0.39 is 21.7 Å². The summed E-state index contributed by atoms with van der Waals surface area (Å²) in [6.07, 6.45) is 5.06. The zero-order valence-corrected chi connectivity index (χ0v) is 18.9. The van der Waals surface area contributed by atoms with Gasteiger partial charge in [-0.2, -0.15) is 0 Å². The molecule has 0 radical (unpaired) electrons. The fourth-order valence-corrected chi connectivity index (χ4v) is 4.83. The Bertz CT molecular complexity index is 1070. The van der Waals surface area contributed by atoms with Gasteiger partial charge in [-0.1, -0.05) is 30.9 Å². The molecule has 0 saturated heterocycles. The second kappa shape index (κ2) is 10.8. The summed E-state index contributed by atoms with van der Waals surface area (Å²) in [6, 6.07) is 8.60. The standard InChI is InChI=1S/C22H25ClFN3O4S/c23-20-11-10-18(32(30,31)27-17-8-6-16(24)7-9-17)14-19(20)22(29)26-13-12-25-21(28)15-4-2-1-3-5-15/h6-11,14-15,27H,1-5,12-13H2,(H,25,28)(H,26,29). The molecule has 172 valence electrons. The van der Waals surface area contributed by atoms with Crippen LogP contribution in [0, 0.1) is 11.7 Å². The quantitative estimate of drug-likeness (QED) is 0.500. The van der Waals surface area contributed by atoms with Crippen molar-refractivity contribution in [2.45, 2.75) is 37.0 Å². The number of hydrogen-bond acceptors (Lipinski definition) is 4. The van der Waals surface area contributed by atoms with Gasteiger partial charge < -0.3 is 10.6 Å². The van der Waals surface area contributed by atoms with Crippen LogP contribution in [-0.2, 0) is 14.8 Å². The first kappa shape index (κ1) is 24.0. The van der Waals surface area contributed by atoms with Crippen molar-refractivity contribution in [3.05, 3.63) is 58.9 Å². The summed E-state index contributed by atoms with van der Waals surface area (Å²) >= 11 is 6.10.